The van der Waals surface area contributed by atoms with Gasteiger partial charge in [-0.05, 0) is 19.4 Å². The number of carboxylic acids is 3. The Morgan fingerprint density at radius 2 is 1.62 bits per heavy atom. The number of carbonyl (C=O) groups is 3. The van der Waals surface area contributed by atoms with Gasteiger partial charge in [0.1, 0.15) is 0 Å². The van der Waals surface area contributed by atoms with E-state index in [0.29, 0.717) is 0 Å². The van der Waals surface area contributed by atoms with Gasteiger partial charge >= 0.3 is 17.9 Å². The van der Waals surface area contributed by atoms with E-state index in [0.717, 1.165) is 13.0 Å². The number of hydrogen-bond acceptors (Lipinski definition) is 4. The van der Waals surface area contributed by atoms with Crippen LogP contribution in [0.25, 0.3) is 0 Å². The predicted molar refractivity (Wildman–Crippen MR) is 53.2 cm³/mol. The Hall–Kier alpha value is -1.63. The second kappa shape index (κ2) is 7.63. The maximum atomic E-state index is 10.2. The minimum atomic E-state index is -1.82. The molecule has 16 heavy (non-hydrogen) atoms. The third kappa shape index (κ3) is 7.74. The molecule has 92 valence electrons. The average Bonchev–Trinajstić information content (AvgIpc) is 2.19. The van der Waals surface area contributed by atoms with Crippen LogP contribution in [0.15, 0.2) is 0 Å². The molecule has 0 radical (unpaired) electrons. The van der Waals surface area contributed by atoms with Gasteiger partial charge in [-0.2, -0.15) is 0 Å². The molecule has 0 aliphatic carbocycles. The van der Waals surface area contributed by atoms with Crippen LogP contribution >= 0.6 is 0 Å². The van der Waals surface area contributed by atoms with E-state index in [-0.39, 0.29) is 12.5 Å². The number of rotatable bonds is 2. The molecule has 4 N–H and O–H groups in total. The average molecular weight is 233 g/mol. The molecule has 1 atom stereocenters. The maximum Gasteiger partial charge on any atom is 0.414 e. The van der Waals surface area contributed by atoms with Crippen LogP contribution in [0.1, 0.15) is 25.7 Å². The van der Waals surface area contributed by atoms with Gasteiger partial charge < -0.3 is 20.6 Å². The lowest BCUT2D eigenvalue weighted by Gasteiger charge is -2.21. The van der Waals surface area contributed by atoms with Crippen molar-refractivity contribution in [1.82, 2.24) is 5.32 Å². The standard InChI is InChI=1S/C7H13NO2.C2H2O4/c9-7(10)5-6-3-1-2-4-8-6;3-1(4)2(5)6/h6,8H,1-5H2,(H,9,10);(H,3,4)(H,5,6). The van der Waals surface area contributed by atoms with Gasteiger partial charge in [-0.15, -0.1) is 0 Å². The van der Waals surface area contributed by atoms with Crippen molar-refractivity contribution in [3.8, 4) is 0 Å². The number of piperidine rings is 1. The molecule has 1 aliphatic heterocycles. The molecule has 7 nitrogen and oxygen atoms in total. The zero-order valence-electron chi connectivity index (χ0n) is 8.68. The number of aliphatic carboxylic acids is 3. The third-order valence-corrected chi connectivity index (χ3v) is 2.02. The molecule has 0 aromatic carbocycles. The number of carboxylic acid groups (broad SMARTS) is 3. The van der Waals surface area contributed by atoms with Gasteiger partial charge in [-0.1, -0.05) is 6.42 Å². The van der Waals surface area contributed by atoms with Crippen molar-refractivity contribution in [2.45, 2.75) is 31.7 Å². The van der Waals surface area contributed by atoms with E-state index in [1.807, 2.05) is 0 Å². The highest BCUT2D eigenvalue weighted by Crippen LogP contribution is 2.09. The molecule has 1 heterocycles. The van der Waals surface area contributed by atoms with E-state index in [4.69, 9.17) is 24.9 Å². The lowest BCUT2D eigenvalue weighted by Crippen LogP contribution is -2.35. The zero-order valence-corrected chi connectivity index (χ0v) is 8.68. The molecule has 1 fully saturated rings. The smallest absolute Gasteiger partial charge is 0.414 e. The summed E-state index contributed by atoms with van der Waals surface area (Å²) < 4.78 is 0. The fraction of sp³-hybridized carbons (Fsp3) is 0.667. The lowest BCUT2D eigenvalue weighted by molar-refractivity contribution is -0.159. The van der Waals surface area contributed by atoms with Gasteiger partial charge in [0.05, 0.1) is 6.42 Å². The minimum absolute atomic E-state index is 0.228. The quantitative estimate of drug-likeness (QED) is 0.485. The lowest BCUT2D eigenvalue weighted by atomic mass is 10.0. The van der Waals surface area contributed by atoms with Crippen molar-refractivity contribution >= 4 is 17.9 Å². The first kappa shape index (κ1) is 14.4. The second-order valence-corrected chi connectivity index (χ2v) is 3.35. The summed E-state index contributed by atoms with van der Waals surface area (Å²) in [4.78, 5) is 28.4. The summed E-state index contributed by atoms with van der Waals surface area (Å²) in [5.74, 6) is -4.34. The largest absolute Gasteiger partial charge is 0.481 e. The van der Waals surface area contributed by atoms with Crippen LogP contribution in [0.3, 0.4) is 0 Å². The highest BCUT2D eigenvalue weighted by molar-refractivity contribution is 6.27. The number of hydrogen-bond donors (Lipinski definition) is 4. The summed E-state index contributed by atoms with van der Waals surface area (Å²) in [5.41, 5.74) is 0. The van der Waals surface area contributed by atoms with Crippen LogP contribution in [0.5, 0.6) is 0 Å². The molecule has 0 aromatic rings. The molecule has 1 saturated heterocycles. The molecule has 0 aromatic heterocycles. The molecule has 0 bridgehead atoms. The van der Waals surface area contributed by atoms with E-state index in [1.54, 1.807) is 0 Å². The number of nitrogens with one attached hydrogen (secondary N) is 1. The molecular weight excluding hydrogens is 218 g/mol. The van der Waals surface area contributed by atoms with Crippen LogP contribution in [0.4, 0.5) is 0 Å². The van der Waals surface area contributed by atoms with E-state index in [2.05, 4.69) is 5.32 Å². The normalized spacial score (nSPS) is 19.1. The first-order valence-corrected chi connectivity index (χ1v) is 4.85. The van der Waals surface area contributed by atoms with E-state index >= 15 is 0 Å². The van der Waals surface area contributed by atoms with E-state index in [9.17, 15) is 4.79 Å². The maximum absolute atomic E-state index is 10.2. The Morgan fingerprint density at radius 3 is 1.94 bits per heavy atom. The van der Waals surface area contributed by atoms with Gasteiger partial charge in [0.15, 0.2) is 0 Å². The van der Waals surface area contributed by atoms with Gasteiger partial charge in [0, 0.05) is 6.04 Å². The third-order valence-electron chi connectivity index (χ3n) is 2.02. The predicted octanol–water partition coefficient (Wildman–Crippen LogP) is -0.241. The van der Waals surface area contributed by atoms with Crippen molar-refractivity contribution in [3.63, 3.8) is 0 Å². The molecule has 1 unspecified atom stereocenters. The summed E-state index contributed by atoms with van der Waals surface area (Å²) in [6.45, 7) is 0.984. The fourth-order valence-electron chi connectivity index (χ4n) is 1.31. The molecule has 0 amide bonds. The summed E-state index contributed by atoms with van der Waals surface area (Å²) in [6, 6.07) is 0.228. The Labute approximate surface area is 92.1 Å². The molecule has 0 spiro atoms. The van der Waals surface area contributed by atoms with Crippen LogP contribution < -0.4 is 5.32 Å². The van der Waals surface area contributed by atoms with Gasteiger partial charge in [0.25, 0.3) is 0 Å². The summed E-state index contributed by atoms with van der Waals surface area (Å²) in [5, 5.41) is 26.4. The SMILES string of the molecule is O=C(O)C(=O)O.O=C(O)CC1CCCCN1. The fourth-order valence-corrected chi connectivity index (χ4v) is 1.31. The van der Waals surface area contributed by atoms with Crippen molar-refractivity contribution in [1.29, 1.82) is 0 Å². The van der Waals surface area contributed by atoms with E-state index < -0.39 is 17.9 Å². The molecular formula is C9H15NO6. The van der Waals surface area contributed by atoms with Crippen LogP contribution in [-0.4, -0.2) is 45.8 Å². The molecule has 0 saturated carbocycles. The Kier molecular flexibility index (Phi) is 6.86. The first-order chi connectivity index (χ1) is 7.43. The Balaban J connectivity index is 0.000000325. The minimum Gasteiger partial charge on any atom is -0.481 e. The summed E-state index contributed by atoms with van der Waals surface area (Å²) in [6.07, 6.45) is 3.66. The van der Waals surface area contributed by atoms with E-state index in [1.165, 1.54) is 12.8 Å². The Morgan fingerprint density at radius 1 is 1.06 bits per heavy atom. The van der Waals surface area contributed by atoms with Gasteiger partial charge in [-0.3, -0.25) is 4.79 Å². The first-order valence-electron chi connectivity index (χ1n) is 4.85. The van der Waals surface area contributed by atoms with Crippen molar-refractivity contribution < 1.29 is 29.7 Å². The summed E-state index contributed by atoms with van der Waals surface area (Å²) >= 11 is 0. The monoisotopic (exact) mass is 233 g/mol. The van der Waals surface area contributed by atoms with Crippen molar-refractivity contribution in [3.05, 3.63) is 0 Å². The van der Waals surface area contributed by atoms with Crippen LogP contribution in [-0.2, 0) is 14.4 Å². The molecule has 1 rings (SSSR count). The highest BCUT2D eigenvalue weighted by atomic mass is 16.4. The topological polar surface area (TPSA) is 124 Å². The Bertz CT molecular complexity index is 247. The zero-order chi connectivity index (χ0) is 12.6. The molecule has 7 heteroatoms. The van der Waals surface area contributed by atoms with Crippen molar-refractivity contribution in [2.24, 2.45) is 0 Å². The van der Waals surface area contributed by atoms with Crippen LogP contribution in [0, 0.1) is 0 Å². The highest BCUT2D eigenvalue weighted by Gasteiger charge is 2.14. The van der Waals surface area contributed by atoms with Gasteiger partial charge in [0.2, 0.25) is 0 Å². The molecule has 1 aliphatic rings. The van der Waals surface area contributed by atoms with Crippen LogP contribution in [0.2, 0.25) is 0 Å². The second-order valence-electron chi connectivity index (χ2n) is 3.35. The summed E-state index contributed by atoms with van der Waals surface area (Å²) in [7, 11) is 0. The van der Waals surface area contributed by atoms with Gasteiger partial charge in [-0.25, -0.2) is 9.59 Å². The van der Waals surface area contributed by atoms with Crippen molar-refractivity contribution in [2.75, 3.05) is 6.54 Å².